The van der Waals surface area contributed by atoms with Crippen molar-refractivity contribution in [3.05, 3.63) is 38.0 Å². The van der Waals surface area contributed by atoms with E-state index >= 15 is 0 Å². The van der Waals surface area contributed by atoms with Gasteiger partial charge in [0.25, 0.3) is 0 Å². The Morgan fingerprint density at radius 1 is 1.33 bits per heavy atom. The molecule has 6 heteroatoms. The minimum absolute atomic E-state index is 0.154. The van der Waals surface area contributed by atoms with Gasteiger partial charge in [-0.3, -0.25) is 4.68 Å². The standard InChI is InChI=1S/C18H19N6/c1-23-9-7-15-17(20-12-21-18(15)23)14-10-22-24(11-14)16(6-8-19)13-4-2-3-5-13/h7,9-13,16H,1-6H2. The Balaban J connectivity index is 1.72. The van der Waals surface area contributed by atoms with Gasteiger partial charge >= 0.3 is 0 Å². The molecule has 0 spiro atoms. The zero-order valence-electron chi connectivity index (χ0n) is 13.5. The summed E-state index contributed by atoms with van der Waals surface area (Å²) in [7, 11) is 3.92. The lowest BCUT2D eigenvalue weighted by Crippen LogP contribution is -2.17. The van der Waals surface area contributed by atoms with Crippen LogP contribution in [0, 0.1) is 24.3 Å². The molecule has 3 aromatic heterocycles. The van der Waals surface area contributed by atoms with Crippen molar-refractivity contribution in [3.63, 3.8) is 0 Å². The van der Waals surface area contributed by atoms with Crippen molar-refractivity contribution in [2.75, 3.05) is 0 Å². The Labute approximate surface area is 140 Å². The van der Waals surface area contributed by atoms with Gasteiger partial charge in [-0.1, -0.05) is 12.8 Å². The van der Waals surface area contributed by atoms with Crippen molar-refractivity contribution in [1.29, 1.82) is 5.26 Å². The van der Waals surface area contributed by atoms with Crippen LogP contribution in [0.2, 0.25) is 0 Å². The van der Waals surface area contributed by atoms with Crippen molar-refractivity contribution in [2.45, 2.75) is 38.1 Å². The van der Waals surface area contributed by atoms with Crippen LogP contribution in [-0.4, -0.2) is 24.3 Å². The predicted molar refractivity (Wildman–Crippen MR) is 90.7 cm³/mol. The van der Waals surface area contributed by atoms with Crippen molar-refractivity contribution in [2.24, 2.45) is 5.92 Å². The van der Waals surface area contributed by atoms with E-state index in [9.17, 15) is 5.26 Å². The number of hydrogen-bond donors (Lipinski definition) is 0. The monoisotopic (exact) mass is 319 g/mol. The number of nitriles is 1. The average molecular weight is 319 g/mol. The molecule has 6 nitrogen and oxygen atoms in total. The normalized spacial score (nSPS) is 16.5. The summed E-state index contributed by atoms with van der Waals surface area (Å²) < 4.78 is 3.70. The molecule has 1 saturated carbocycles. The quantitative estimate of drug-likeness (QED) is 0.737. The van der Waals surface area contributed by atoms with E-state index in [0.29, 0.717) is 12.3 Å². The maximum atomic E-state index is 9.20. The number of nitrogens with zero attached hydrogens (tertiary/aromatic N) is 6. The SMILES string of the molecule is [CH2]n1ccc2c(-c3cnn(C(CC#N)C4CCCC4)c3)ncnc21. The molecule has 0 aliphatic heterocycles. The molecule has 0 aromatic carbocycles. The van der Waals surface area contributed by atoms with Gasteiger partial charge in [-0.25, -0.2) is 9.97 Å². The van der Waals surface area contributed by atoms with E-state index in [-0.39, 0.29) is 6.04 Å². The summed E-state index contributed by atoms with van der Waals surface area (Å²) in [6.45, 7) is 0. The number of fused-ring (bicyclic) bond motifs is 1. The molecule has 1 aliphatic carbocycles. The minimum atomic E-state index is 0.154. The topological polar surface area (TPSA) is 72.3 Å². The summed E-state index contributed by atoms with van der Waals surface area (Å²) in [6, 6.07) is 4.45. The van der Waals surface area contributed by atoms with Gasteiger partial charge in [0.05, 0.1) is 30.4 Å². The summed E-state index contributed by atoms with van der Waals surface area (Å²) in [6.07, 6.45) is 12.7. The zero-order valence-corrected chi connectivity index (χ0v) is 13.5. The van der Waals surface area contributed by atoms with Gasteiger partial charge in [0.15, 0.2) is 0 Å². The highest BCUT2D eigenvalue weighted by Gasteiger charge is 2.27. The van der Waals surface area contributed by atoms with Crippen LogP contribution in [0.4, 0.5) is 0 Å². The maximum Gasteiger partial charge on any atom is 0.143 e. The van der Waals surface area contributed by atoms with Crippen molar-refractivity contribution < 1.29 is 0 Å². The molecule has 0 amide bonds. The summed E-state index contributed by atoms with van der Waals surface area (Å²) in [4.78, 5) is 8.72. The van der Waals surface area contributed by atoms with Gasteiger partial charge in [-0.15, -0.1) is 0 Å². The lowest BCUT2D eigenvalue weighted by Gasteiger charge is -2.21. The fourth-order valence-electron chi connectivity index (χ4n) is 3.79. The molecule has 121 valence electrons. The second-order valence-electron chi connectivity index (χ2n) is 6.43. The smallest absolute Gasteiger partial charge is 0.143 e. The molecule has 4 rings (SSSR count). The summed E-state index contributed by atoms with van der Waals surface area (Å²) in [5.74, 6) is 0.545. The zero-order chi connectivity index (χ0) is 16.5. The van der Waals surface area contributed by atoms with E-state index in [1.165, 1.54) is 25.7 Å². The lowest BCUT2D eigenvalue weighted by molar-refractivity contribution is 0.315. The first-order valence-electron chi connectivity index (χ1n) is 8.32. The molecule has 0 saturated heterocycles. The molecule has 3 heterocycles. The molecule has 1 radical (unpaired) electrons. The van der Waals surface area contributed by atoms with E-state index in [2.05, 4.69) is 28.2 Å². The largest absolute Gasteiger partial charge is 0.331 e. The highest BCUT2D eigenvalue weighted by atomic mass is 15.3. The van der Waals surface area contributed by atoms with Crippen molar-refractivity contribution in [1.82, 2.24) is 24.3 Å². The van der Waals surface area contributed by atoms with Crippen molar-refractivity contribution in [3.8, 4) is 17.3 Å². The lowest BCUT2D eigenvalue weighted by atomic mass is 9.96. The molecule has 24 heavy (non-hydrogen) atoms. The Hall–Kier alpha value is -2.68. The highest BCUT2D eigenvalue weighted by Crippen LogP contribution is 2.36. The molecule has 3 aromatic rings. The first kappa shape index (κ1) is 14.9. The first-order chi connectivity index (χ1) is 11.8. The average Bonchev–Trinajstić information content (AvgIpc) is 3.34. The second kappa shape index (κ2) is 6.08. The third-order valence-corrected chi connectivity index (χ3v) is 5.02. The van der Waals surface area contributed by atoms with E-state index in [1.807, 2.05) is 29.3 Å². The van der Waals surface area contributed by atoms with Crippen LogP contribution in [0.3, 0.4) is 0 Å². The van der Waals surface area contributed by atoms with E-state index in [0.717, 1.165) is 22.3 Å². The van der Waals surface area contributed by atoms with Gasteiger partial charge in [-0.05, 0) is 24.8 Å². The molecule has 0 bridgehead atoms. The Morgan fingerprint density at radius 3 is 2.96 bits per heavy atom. The van der Waals surface area contributed by atoms with Crippen LogP contribution < -0.4 is 0 Å². The molecule has 0 N–H and O–H groups in total. The molecule has 1 atom stereocenters. The third kappa shape index (κ3) is 2.46. The van der Waals surface area contributed by atoms with Crippen molar-refractivity contribution >= 4 is 11.0 Å². The first-order valence-corrected chi connectivity index (χ1v) is 8.32. The number of rotatable bonds is 4. The predicted octanol–water partition coefficient (Wildman–Crippen LogP) is 3.58. The van der Waals surface area contributed by atoms with E-state index in [4.69, 9.17) is 0 Å². The summed E-state index contributed by atoms with van der Waals surface area (Å²) in [5, 5.41) is 14.7. The van der Waals surface area contributed by atoms with Gasteiger partial charge < -0.3 is 4.57 Å². The Kier molecular flexibility index (Phi) is 3.77. The van der Waals surface area contributed by atoms with E-state index < -0.39 is 0 Å². The van der Waals surface area contributed by atoms with Crippen LogP contribution in [0.25, 0.3) is 22.3 Å². The fourth-order valence-corrected chi connectivity index (χ4v) is 3.79. The molecular formula is C18H19N6. The fraction of sp³-hybridized carbons (Fsp3) is 0.389. The molecule has 1 unspecified atom stereocenters. The summed E-state index contributed by atoms with van der Waals surface area (Å²) in [5.41, 5.74) is 2.61. The Morgan fingerprint density at radius 2 is 2.17 bits per heavy atom. The third-order valence-electron chi connectivity index (χ3n) is 5.02. The van der Waals surface area contributed by atoms with Crippen LogP contribution >= 0.6 is 0 Å². The van der Waals surface area contributed by atoms with Crippen LogP contribution in [0.15, 0.2) is 31.0 Å². The highest BCUT2D eigenvalue weighted by molar-refractivity contribution is 5.90. The van der Waals surface area contributed by atoms with E-state index in [1.54, 1.807) is 10.9 Å². The molecule has 1 fully saturated rings. The number of aromatic nitrogens is 5. The maximum absolute atomic E-state index is 9.20. The Bertz CT molecular complexity index is 894. The van der Waals surface area contributed by atoms with Gasteiger partial charge in [0.2, 0.25) is 0 Å². The van der Waals surface area contributed by atoms with Gasteiger partial charge in [-0.2, -0.15) is 10.4 Å². The second-order valence-corrected chi connectivity index (χ2v) is 6.43. The van der Waals surface area contributed by atoms with Gasteiger partial charge in [0, 0.05) is 30.4 Å². The molecule has 1 aliphatic rings. The summed E-state index contributed by atoms with van der Waals surface area (Å²) >= 11 is 0. The van der Waals surface area contributed by atoms with Crippen LogP contribution in [0.1, 0.15) is 38.1 Å². The number of hydrogen-bond acceptors (Lipinski definition) is 4. The van der Waals surface area contributed by atoms with Crippen LogP contribution in [0.5, 0.6) is 0 Å². The van der Waals surface area contributed by atoms with Crippen LogP contribution in [-0.2, 0) is 0 Å². The minimum Gasteiger partial charge on any atom is -0.331 e. The molecular weight excluding hydrogens is 300 g/mol. The van der Waals surface area contributed by atoms with Gasteiger partial charge in [0.1, 0.15) is 12.0 Å².